The number of amides is 1. The Morgan fingerprint density at radius 3 is 2.42 bits per heavy atom. The summed E-state index contributed by atoms with van der Waals surface area (Å²) >= 11 is 7.45. The van der Waals surface area contributed by atoms with Gasteiger partial charge < -0.3 is 10.1 Å². The smallest absolute Gasteiger partial charge is 0.234 e. The van der Waals surface area contributed by atoms with E-state index in [1.54, 1.807) is 25.3 Å². The van der Waals surface area contributed by atoms with Crippen molar-refractivity contribution >= 4 is 35.0 Å². The standard InChI is InChI=1S/C23H19ClN4O2S/c1-30-20-13-12-17(14-19(20)24)25-21(29)15-31-23-27-26-22(16-8-4-2-5-9-16)28(23)18-10-6-3-7-11-18/h2-14H,15H2,1H3,(H,25,29). The second kappa shape index (κ2) is 9.68. The van der Waals surface area contributed by atoms with E-state index in [-0.39, 0.29) is 11.7 Å². The Bertz CT molecular complexity index is 1180. The highest BCUT2D eigenvalue weighted by atomic mass is 35.5. The Morgan fingerprint density at radius 2 is 1.74 bits per heavy atom. The van der Waals surface area contributed by atoms with Crippen molar-refractivity contribution in [1.82, 2.24) is 14.8 Å². The lowest BCUT2D eigenvalue weighted by Gasteiger charge is -2.11. The Labute approximate surface area is 189 Å². The fourth-order valence-electron chi connectivity index (χ4n) is 3.02. The SMILES string of the molecule is COc1ccc(NC(=O)CSc2nnc(-c3ccccc3)n2-c2ccccc2)cc1Cl. The number of halogens is 1. The van der Waals surface area contributed by atoms with Crippen molar-refractivity contribution in [3.8, 4) is 22.8 Å². The van der Waals surface area contributed by atoms with Gasteiger partial charge in [-0.05, 0) is 30.3 Å². The summed E-state index contributed by atoms with van der Waals surface area (Å²) in [6, 6.07) is 24.8. The van der Waals surface area contributed by atoms with Gasteiger partial charge in [0, 0.05) is 16.9 Å². The second-order valence-corrected chi connectivity index (χ2v) is 7.88. The summed E-state index contributed by atoms with van der Waals surface area (Å²) in [6.45, 7) is 0. The van der Waals surface area contributed by atoms with Crippen molar-refractivity contribution in [2.24, 2.45) is 0 Å². The van der Waals surface area contributed by atoms with Crippen molar-refractivity contribution in [2.45, 2.75) is 5.16 Å². The van der Waals surface area contributed by atoms with Crippen LogP contribution in [0, 0.1) is 0 Å². The zero-order chi connectivity index (χ0) is 21.6. The number of methoxy groups -OCH3 is 1. The minimum Gasteiger partial charge on any atom is -0.495 e. The molecule has 31 heavy (non-hydrogen) atoms. The van der Waals surface area contributed by atoms with Gasteiger partial charge in [-0.1, -0.05) is 71.9 Å². The maximum absolute atomic E-state index is 12.5. The first-order valence-electron chi connectivity index (χ1n) is 9.48. The molecule has 0 saturated heterocycles. The van der Waals surface area contributed by atoms with Gasteiger partial charge in [-0.2, -0.15) is 0 Å². The summed E-state index contributed by atoms with van der Waals surface area (Å²) in [5, 5.41) is 12.6. The minimum atomic E-state index is -0.171. The van der Waals surface area contributed by atoms with Crippen molar-refractivity contribution in [1.29, 1.82) is 0 Å². The minimum absolute atomic E-state index is 0.170. The predicted octanol–water partition coefficient (Wildman–Crippen LogP) is 5.33. The molecule has 8 heteroatoms. The molecular weight excluding hydrogens is 432 g/mol. The van der Waals surface area contributed by atoms with Crippen molar-refractivity contribution in [3.63, 3.8) is 0 Å². The van der Waals surface area contributed by atoms with Gasteiger partial charge in [0.25, 0.3) is 0 Å². The van der Waals surface area contributed by atoms with Crippen LogP contribution in [-0.2, 0) is 4.79 Å². The fourth-order valence-corrected chi connectivity index (χ4v) is 4.03. The molecule has 1 heterocycles. The van der Waals surface area contributed by atoms with Crippen LogP contribution < -0.4 is 10.1 Å². The topological polar surface area (TPSA) is 69.0 Å². The first-order chi connectivity index (χ1) is 15.2. The molecule has 3 aromatic carbocycles. The van der Waals surface area contributed by atoms with Gasteiger partial charge in [-0.25, -0.2) is 0 Å². The number of nitrogens with one attached hydrogen (secondary N) is 1. The first kappa shape index (κ1) is 21.0. The molecule has 0 aliphatic heterocycles. The lowest BCUT2D eigenvalue weighted by atomic mass is 10.2. The van der Waals surface area contributed by atoms with E-state index >= 15 is 0 Å². The summed E-state index contributed by atoms with van der Waals surface area (Å²) in [7, 11) is 1.54. The molecule has 0 fully saturated rings. The van der Waals surface area contributed by atoms with E-state index in [2.05, 4.69) is 15.5 Å². The molecule has 0 aliphatic carbocycles. The molecule has 1 amide bonds. The largest absolute Gasteiger partial charge is 0.495 e. The Balaban J connectivity index is 1.54. The molecule has 1 N–H and O–H groups in total. The van der Waals surface area contributed by atoms with Gasteiger partial charge >= 0.3 is 0 Å². The van der Waals surface area contributed by atoms with Gasteiger partial charge in [-0.3, -0.25) is 9.36 Å². The quantitative estimate of drug-likeness (QED) is 0.385. The van der Waals surface area contributed by atoms with E-state index in [1.807, 2.05) is 65.2 Å². The second-order valence-electron chi connectivity index (χ2n) is 6.53. The van der Waals surface area contributed by atoms with Gasteiger partial charge in [0.05, 0.1) is 17.9 Å². The van der Waals surface area contributed by atoms with Crippen molar-refractivity contribution < 1.29 is 9.53 Å². The van der Waals surface area contributed by atoms with Gasteiger partial charge in [-0.15, -0.1) is 10.2 Å². The van der Waals surface area contributed by atoms with Gasteiger partial charge in [0.15, 0.2) is 11.0 Å². The molecule has 0 radical (unpaired) electrons. The summed E-state index contributed by atoms with van der Waals surface area (Å²) in [5.41, 5.74) is 2.48. The van der Waals surface area contributed by atoms with Crippen LogP contribution in [0.4, 0.5) is 5.69 Å². The number of thioether (sulfide) groups is 1. The zero-order valence-corrected chi connectivity index (χ0v) is 18.2. The van der Waals surface area contributed by atoms with Crippen molar-refractivity contribution in [3.05, 3.63) is 83.9 Å². The summed E-state index contributed by atoms with van der Waals surface area (Å²) < 4.78 is 7.09. The maximum atomic E-state index is 12.5. The third-order valence-electron chi connectivity index (χ3n) is 4.45. The predicted molar refractivity (Wildman–Crippen MR) is 124 cm³/mol. The van der Waals surface area contributed by atoms with Gasteiger partial charge in [0.2, 0.25) is 5.91 Å². The lowest BCUT2D eigenvalue weighted by molar-refractivity contribution is -0.113. The summed E-state index contributed by atoms with van der Waals surface area (Å²) in [5.74, 6) is 1.27. The van der Waals surface area contributed by atoms with Gasteiger partial charge in [0.1, 0.15) is 5.75 Å². The Morgan fingerprint density at radius 1 is 1.03 bits per heavy atom. The average Bonchev–Trinajstić information content (AvgIpc) is 3.23. The van der Waals surface area contributed by atoms with Crippen LogP contribution in [0.5, 0.6) is 5.75 Å². The molecule has 0 bridgehead atoms. The number of aromatic nitrogens is 3. The molecule has 0 saturated carbocycles. The van der Waals surface area contributed by atoms with E-state index in [1.165, 1.54) is 11.8 Å². The van der Waals surface area contributed by atoms with E-state index in [4.69, 9.17) is 16.3 Å². The Hall–Kier alpha value is -3.29. The highest BCUT2D eigenvalue weighted by Crippen LogP contribution is 2.29. The lowest BCUT2D eigenvalue weighted by Crippen LogP contribution is -2.14. The van der Waals surface area contributed by atoms with Crippen molar-refractivity contribution in [2.75, 3.05) is 18.2 Å². The number of carbonyl (C=O) groups is 1. The number of anilines is 1. The van der Waals surface area contributed by atoms with Crippen LogP contribution in [0.15, 0.2) is 84.0 Å². The maximum Gasteiger partial charge on any atom is 0.234 e. The number of hydrogen-bond acceptors (Lipinski definition) is 5. The van der Waals surface area contributed by atoms with Crippen LogP contribution in [-0.4, -0.2) is 33.5 Å². The molecule has 4 rings (SSSR count). The molecular formula is C23H19ClN4O2S. The number of ether oxygens (including phenoxy) is 1. The highest BCUT2D eigenvalue weighted by Gasteiger charge is 2.17. The molecule has 1 aromatic heterocycles. The van der Waals surface area contributed by atoms with Crippen LogP contribution >= 0.6 is 23.4 Å². The molecule has 4 aromatic rings. The monoisotopic (exact) mass is 450 g/mol. The fraction of sp³-hybridized carbons (Fsp3) is 0.0870. The number of hydrogen-bond donors (Lipinski definition) is 1. The number of rotatable bonds is 7. The molecule has 6 nitrogen and oxygen atoms in total. The van der Waals surface area contributed by atoms with Crippen LogP contribution in [0.25, 0.3) is 17.1 Å². The zero-order valence-electron chi connectivity index (χ0n) is 16.7. The van der Waals surface area contributed by atoms with E-state index in [9.17, 15) is 4.79 Å². The van der Waals surface area contributed by atoms with Crippen LogP contribution in [0.2, 0.25) is 5.02 Å². The number of nitrogens with zero attached hydrogens (tertiary/aromatic N) is 3. The number of carbonyl (C=O) groups excluding carboxylic acids is 1. The van der Waals surface area contributed by atoms with Crippen LogP contribution in [0.1, 0.15) is 0 Å². The molecule has 156 valence electrons. The normalized spacial score (nSPS) is 10.6. The summed E-state index contributed by atoms with van der Waals surface area (Å²) in [4.78, 5) is 12.5. The highest BCUT2D eigenvalue weighted by molar-refractivity contribution is 7.99. The van der Waals surface area contributed by atoms with E-state index in [0.717, 1.165) is 17.1 Å². The molecule has 0 aliphatic rings. The third kappa shape index (κ3) is 4.90. The van der Waals surface area contributed by atoms with E-state index in [0.29, 0.717) is 21.6 Å². The first-order valence-corrected chi connectivity index (χ1v) is 10.8. The third-order valence-corrected chi connectivity index (χ3v) is 5.67. The Kier molecular flexibility index (Phi) is 6.54. The molecule has 0 unspecified atom stereocenters. The molecule has 0 spiro atoms. The molecule has 0 atom stereocenters. The summed E-state index contributed by atoms with van der Waals surface area (Å²) in [6.07, 6.45) is 0. The van der Waals surface area contributed by atoms with E-state index < -0.39 is 0 Å². The van der Waals surface area contributed by atoms with Crippen LogP contribution in [0.3, 0.4) is 0 Å². The number of para-hydroxylation sites is 1. The average molecular weight is 451 g/mol. The number of benzene rings is 3.